The summed E-state index contributed by atoms with van der Waals surface area (Å²) < 4.78 is 16.9. The van der Waals surface area contributed by atoms with E-state index < -0.39 is 5.97 Å². The Labute approximate surface area is 213 Å². The molecule has 0 radical (unpaired) electrons. The van der Waals surface area contributed by atoms with Crippen molar-refractivity contribution in [1.29, 1.82) is 0 Å². The lowest BCUT2D eigenvalue weighted by molar-refractivity contribution is -0.138. The number of carbonyl (C=O) groups is 1. The van der Waals surface area contributed by atoms with E-state index in [1.807, 2.05) is 36.4 Å². The lowest BCUT2D eigenvalue weighted by Crippen LogP contribution is -2.16. The predicted octanol–water partition coefficient (Wildman–Crippen LogP) is 6.37. The summed E-state index contributed by atoms with van der Waals surface area (Å²) in [5, 5.41) is 13.2. The second kappa shape index (κ2) is 9.61. The molecular weight excluding hydrogens is 469 g/mol. The number of halogens is 1. The molecule has 2 aromatic heterocycles. The van der Waals surface area contributed by atoms with Gasteiger partial charge < -0.3 is 10.1 Å². The van der Waals surface area contributed by atoms with Gasteiger partial charge >= 0.3 is 5.97 Å². The molecule has 0 aliphatic heterocycles. The fourth-order valence-electron chi connectivity index (χ4n) is 5.39. The van der Waals surface area contributed by atoms with Crippen LogP contribution in [-0.4, -0.2) is 35.8 Å². The van der Waals surface area contributed by atoms with E-state index in [9.17, 15) is 4.79 Å². The fourth-order valence-corrected chi connectivity index (χ4v) is 5.39. The number of hydrogen-bond acceptors (Lipinski definition) is 4. The van der Waals surface area contributed by atoms with Crippen LogP contribution in [0, 0.1) is 11.7 Å². The molecule has 3 aromatic carbocycles. The minimum atomic E-state index is -0.705. The molecule has 1 aliphatic rings. The number of aromatic amines is 1. The fraction of sp³-hybridized carbons (Fsp3) is 0.241. The summed E-state index contributed by atoms with van der Waals surface area (Å²) in [6.45, 7) is 0. The van der Waals surface area contributed by atoms with E-state index in [1.54, 1.807) is 23.1 Å². The van der Waals surface area contributed by atoms with Crippen molar-refractivity contribution in [3.63, 3.8) is 0 Å². The molecule has 0 spiro atoms. The summed E-state index contributed by atoms with van der Waals surface area (Å²) >= 11 is 0. The van der Waals surface area contributed by atoms with Crippen LogP contribution in [0.25, 0.3) is 39.2 Å². The van der Waals surface area contributed by atoms with E-state index >= 15 is 4.39 Å². The van der Waals surface area contributed by atoms with Gasteiger partial charge in [-0.25, -0.2) is 19.0 Å². The van der Waals surface area contributed by atoms with Gasteiger partial charge in [-0.1, -0.05) is 30.3 Å². The number of benzene rings is 3. The Morgan fingerprint density at radius 1 is 1.00 bits per heavy atom. The highest BCUT2D eigenvalue weighted by atomic mass is 19.1. The van der Waals surface area contributed by atoms with Gasteiger partial charge in [0, 0.05) is 6.42 Å². The van der Waals surface area contributed by atoms with Crippen LogP contribution in [0.4, 0.5) is 4.39 Å². The Kier molecular flexibility index (Phi) is 6.00. The number of H-pyrrole nitrogens is 1. The monoisotopic (exact) mass is 495 g/mol. The zero-order valence-corrected chi connectivity index (χ0v) is 20.1. The maximum atomic E-state index is 15.2. The van der Waals surface area contributed by atoms with Crippen LogP contribution in [-0.2, 0) is 4.79 Å². The molecule has 0 amide bonds. The Balaban J connectivity index is 1.19. The lowest BCUT2D eigenvalue weighted by Gasteiger charge is -2.28. The zero-order valence-electron chi connectivity index (χ0n) is 20.1. The van der Waals surface area contributed by atoms with Crippen molar-refractivity contribution in [2.24, 2.45) is 5.92 Å². The zero-order chi connectivity index (χ0) is 25.4. The van der Waals surface area contributed by atoms with Gasteiger partial charge in [-0.05, 0) is 84.5 Å². The third kappa shape index (κ3) is 4.74. The summed E-state index contributed by atoms with van der Waals surface area (Å²) in [6, 6.07) is 19.2. The molecular formula is C29H26FN5O2. The molecule has 0 bridgehead atoms. The Bertz CT molecular complexity index is 1550. The first-order valence-electron chi connectivity index (χ1n) is 12.5. The van der Waals surface area contributed by atoms with Gasteiger partial charge in [0.05, 0.1) is 22.3 Å². The van der Waals surface area contributed by atoms with Gasteiger partial charge in [0.1, 0.15) is 24.3 Å². The van der Waals surface area contributed by atoms with E-state index in [2.05, 4.69) is 32.2 Å². The van der Waals surface area contributed by atoms with Crippen molar-refractivity contribution in [2.75, 3.05) is 0 Å². The minimum Gasteiger partial charge on any atom is -0.481 e. The van der Waals surface area contributed by atoms with Gasteiger partial charge in [0.2, 0.25) is 0 Å². The first-order valence-corrected chi connectivity index (χ1v) is 12.5. The third-order valence-corrected chi connectivity index (χ3v) is 7.40. The minimum absolute atomic E-state index is 0.269. The van der Waals surface area contributed by atoms with Crippen LogP contribution >= 0.6 is 0 Å². The van der Waals surface area contributed by atoms with Crippen LogP contribution in [0.15, 0.2) is 73.3 Å². The van der Waals surface area contributed by atoms with Crippen LogP contribution in [0.3, 0.4) is 0 Å². The Morgan fingerprint density at radius 2 is 1.78 bits per heavy atom. The lowest BCUT2D eigenvalue weighted by atomic mass is 9.77. The molecule has 5 aromatic rings. The summed E-state index contributed by atoms with van der Waals surface area (Å²) in [5.74, 6) is 0.176. The van der Waals surface area contributed by atoms with E-state index in [4.69, 9.17) is 5.11 Å². The molecule has 37 heavy (non-hydrogen) atoms. The molecule has 0 saturated heterocycles. The normalized spacial score (nSPS) is 17.8. The highest BCUT2D eigenvalue weighted by molar-refractivity contribution is 5.82. The topological polar surface area (TPSA) is 96.7 Å². The maximum Gasteiger partial charge on any atom is 0.303 e. The predicted molar refractivity (Wildman–Crippen MR) is 139 cm³/mol. The number of carboxylic acids is 1. The number of imidazole rings is 1. The number of nitrogens with zero attached hydrogens (tertiary/aromatic N) is 4. The van der Waals surface area contributed by atoms with Crippen molar-refractivity contribution in [1.82, 2.24) is 24.7 Å². The smallest absolute Gasteiger partial charge is 0.303 e. The molecule has 186 valence electrons. The number of fused-ring (bicyclic) bond motifs is 1. The largest absolute Gasteiger partial charge is 0.481 e. The molecule has 0 atom stereocenters. The summed E-state index contributed by atoms with van der Waals surface area (Å²) in [6.07, 6.45) is 7.30. The molecule has 2 N–H and O–H groups in total. The summed E-state index contributed by atoms with van der Waals surface area (Å²) in [7, 11) is 0. The van der Waals surface area contributed by atoms with Crippen LogP contribution < -0.4 is 0 Å². The quantitative estimate of drug-likeness (QED) is 0.285. The maximum absolute atomic E-state index is 15.2. The average Bonchev–Trinajstić information content (AvgIpc) is 3.59. The number of carboxylic acid groups (broad SMARTS) is 1. The van der Waals surface area contributed by atoms with Crippen molar-refractivity contribution >= 4 is 17.0 Å². The molecule has 1 fully saturated rings. The van der Waals surface area contributed by atoms with E-state index in [-0.39, 0.29) is 18.2 Å². The van der Waals surface area contributed by atoms with E-state index in [0.717, 1.165) is 53.5 Å². The van der Waals surface area contributed by atoms with Crippen molar-refractivity contribution in [3.05, 3.63) is 84.7 Å². The molecule has 1 aliphatic carbocycles. The van der Waals surface area contributed by atoms with Crippen LogP contribution in [0.2, 0.25) is 0 Å². The van der Waals surface area contributed by atoms with E-state index in [0.29, 0.717) is 17.3 Å². The first-order chi connectivity index (χ1) is 18.0. The van der Waals surface area contributed by atoms with Gasteiger partial charge in [0.15, 0.2) is 0 Å². The second-order valence-corrected chi connectivity index (χ2v) is 9.76. The van der Waals surface area contributed by atoms with Crippen molar-refractivity contribution in [2.45, 2.75) is 38.0 Å². The highest BCUT2D eigenvalue weighted by Crippen LogP contribution is 2.38. The number of nitrogens with one attached hydrogen (secondary N) is 1. The molecule has 6 rings (SSSR count). The van der Waals surface area contributed by atoms with Gasteiger partial charge in [-0.15, -0.1) is 0 Å². The molecule has 0 unspecified atom stereocenters. The van der Waals surface area contributed by atoms with Gasteiger partial charge in [-0.3, -0.25) is 4.79 Å². The number of rotatable bonds is 6. The van der Waals surface area contributed by atoms with E-state index in [1.165, 1.54) is 11.9 Å². The summed E-state index contributed by atoms with van der Waals surface area (Å²) in [5.41, 5.74) is 5.82. The Morgan fingerprint density at radius 3 is 2.49 bits per heavy atom. The number of hydrogen-bond donors (Lipinski definition) is 2. The van der Waals surface area contributed by atoms with Crippen molar-refractivity contribution in [3.8, 4) is 28.2 Å². The average molecular weight is 496 g/mol. The third-order valence-electron chi connectivity index (χ3n) is 7.40. The number of aromatic nitrogens is 5. The standard InChI is InChI=1S/C29H26FN5O2/c30-25-14-22(21-7-5-20(6-8-21)19-3-1-18(2-4-19)13-28(36)37)9-11-24(25)29-33-26-12-10-23(15-27(26)34-29)35-17-31-16-32-35/h5-12,14-19H,1-4,13H2,(H,33,34)(H,36,37). The van der Waals surface area contributed by atoms with Crippen LogP contribution in [0.1, 0.15) is 43.6 Å². The molecule has 2 heterocycles. The van der Waals surface area contributed by atoms with Gasteiger partial charge in [-0.2, -0.15) is 5.10 Å². The van der Waals surface area contributed by atoms with Crippen LogP contribution in [0.5, 0.6) is 0 Å². The molecule has 7 nitrogen and oxygen atoms in total. The first kappa shape index (κ1) is 23.1. The second-order valence-electron chi connectivity index (χ2n) is 9.76. The van der Waals surface area contributed by atoms with Crippen molar-refractivity contribution < 1.29 is 14.3 Å². The van der Waals surface area contributed by atoms with Gasteiger partial charge in [0.25, 0.3) is 0 Å². The number of aliphatic carboxylic acids is 1. The summed E-state index contributed by atoms with van der Waals surface area (Å²) in [4.78, 5) is 22.8. The SMILES string of the molecule is O=C(O)CC1CCC(c2ccc(-c3ccc(-c4nc5ccc(-n6cncn6)cc5[nH]4)c(F)c3)cc2)CC1. The molecule has 1 saturated carbocycles. The Hall–Kier alpha value is -4.33. The molecule has 8 heteroatoms. The highest BCUT2D eigenvalue weighted by Gasteiger charge is 2.24.